The lowest BCUT2D eigenvalue weighted by atomic mass is 9.93. The zero-order chi connectivity index (χ0) is 9.84. The summed E-state index contributed by atoms with van der Waals surface area (Å²) >= 11 is 0. The van der Waals surface area contributed by atoms with Gasteiger partial charge in [0, 0.05) is 12.6 Å². The van der Waals surface area contributed by atoms with Crippen LogP contribution in [0.3, 0.4) is 0 Å². The number of carbonyl (C=O) groups excluding carboxylic acids is 1. The monoisotopic (exact) mass is 186 g/mol. The zero-order valence-corrected chi connectivity index (χ0v) is 7.56. The Labute approximate surface area is 76.7 Å². The highest BCUT2D eigenvalue weighted by Crippen LogP contribution is 2.15. The predicted octanol–water partition coefficient (Wildman–Crippen LogP) is -0.863. The second-order valence-corrected chi connectivity index (χ2v) is 3.39. The largest absolute Gasteiger partial charge is 0.481 e. The van der Waals surface area contributed by atoms with Gasteiger partial charge in [-0.25, -0.2) is 0 Å². The number of amides is 1. The van der Waals surface area contributed by atoms with Crippen LogP contribution in [0.2, 0.25) is 0 Å². The Kier molecular flexibility index (Phi) is 3.25. The van der Waals surface area contributed by atoms with Gasteiger partial charge in [-0.3, -0.25) is 9.59 Å². The number of aliphatic carboxylic acids is 1. The van der Waals surface area contributed by atoms with Crippen molar-refractivity contribution in [3.05, 3.63) is 0 Å². The molecule has 0 aliphatic carbocycles. The first-order valence-electron chi connectivity index (χ1n) is 4.26. The number of carboxylic acid groups (broad SMARTS) is 1. The quantitative estimate of drug-likeness (QED) is 0.562. The van der Waals surface area contributed by atoms with E-state index in [4.69, 9.17) is 5.11 Å². The lowest BCUT2D eigenvalue weighted by Crippen LogP contribution is -2.50. The molecular weight excluding hydrogens is 172 g/mol. The second kappa shape index (κ2) is 4.23. The molecule has 0 aromatic rings. The van der Waals surface area contributed by atoms with Gasteiger partial charge in [-0.15, -0.1) is 0 Å². The molecule has 1 rings (SSSR count). The van der Waals surface area contributed by atoms with E-state index in [0.29, 0.717) is 19.4 Å². The Bertz CT molecular complexity index is 208. The molecule has 0 aromatic carbocycles. The van der Waals surface area contributed by atoms with Crippen molar-refractivity contribution in [2.24, 2.45) is 5.92 Å². The number of carbonyl (C=O) groups is 2. The molecule has 5 nitrogen and oxygen atoms in total. The molecule has 0 aromatic heterocycles. The average Bonchev–Trinajstić information content (AvgIpc) is 2.08. The average molecular weight is 186 g/mol. The summed E-state index contributed by atoms with van der Waals surface area (Å²) in [5.41, 5.74) is 0. The van der Waals surface area contributed by atoms with Crippen LogP contribution >= 0.6 is 0 Å². The maximum Gasteiger partial charge on any atom is 0.309 e. The maximum atomic E-state index is 10.8. The molecule has 0 bridgehead atoms. The van der Waals surface area contributed by atoms with Crippen molar-refractivity contribution >= 4 is 12.4 Å². The van der Waals surface area contributed by atoms with Crippen molar-refractivity contribution in [2.75, 3.05) is 20.1 Å². The molecule has 1 amide bonds. The van der Waals surface area contributed by atoms with E-state index < -0.39 is 11.9 Å². The summed E-state index contributed by atoms with van der Waals surface area (Å²) in [4.78, 5) is 23.0. The van der Waals surface area contributed by atoms with Gasteiger partial charge in [0.1, 0.15) is 0 Å². The molecule has 2 atom stereocenters. The van der Waals surface area contributed by atoms with Crippen LogP contribution in [0.25, 0.3) is 0 Å². The Morgan fingerprint density at radius 3 is 2.92 bits per heavy atom. The molecule has 1 saturated heterocycles. The topological polar surface area (TPSA) is 69.6 Å². The van der Waals surface area contributed by atoms with Gasteiger partial charge >= 0.3 is 5.97 Å². The van der Waals surface area contributed by atoms with Gasteiger partial charge in [0.05, 0.1) is 5.92 Å². The highest BCUT2D eigenvalue weighted by molar-refractivity contribution is 5.72. The number of nitrogens with one attached hydrogen (secondary N) is 1. The molecule has 74 valence electrons. The lowest BCUT2D eigenvalue weighted by Gasteiger charge is -2.33. The summed E-state index contributed by atoms with van der Waals surface area (Å²) in [6.07, 6.45) is 1.28. The Hall–Kier alpha value is -1.10. The number of hydrogen-bond donors (Lipinski definition) is 2. The van der Waals surface area contributed by atoms with Crippen molar-refractivity contribution in [1.82, 2.24) is 10.2 Å². The fourth-order valence-electron chi connectivity index (χ4n) is 1.65. The highest BCUT2D eigenvalue weighted by atomic mass is 16.4. The first-order chi connectivity index (χ1) is 6.15. The minimum Gasteiger partial charge on any atom is -0.481 e. The van der Waals surface area contributed by atoms with E-state index in [-0.39, 0.29) is 6.04 Å². The second-order valence-electron chi connectivity index (χ2n) is 3.39. The molecule has 1 aliphatic heterocycles. The standard InChI is InChI=1S/C8H14N2O3/c1-10-3-2-7(9-5-11)6(4-10)8(12)13/h5-7H,2-4H2,1H3,(H,9,11)(H,12,13). The first-order valence-corrected chi connectivity index (χ1v) is 4.26. The van der Waals surface area contributed by atoms with E-state index >= 15 is 0 Å². The smallest absolute Gasteiger partial charge is 0.309 e. The number of carboxylic acids is 1. The molecule has 1 aliphatic rings. The molecule has 2 unspecified atom stereocenters. The summed E-state index contributed by atoms with van der Waals surface area (Å²) < 4.78 is 0. The molecule has 1 heterocycles. The minimum absolute atomic E-state index is 0.216. The summed E-state index contributed by atoms with van der Waals surface area (Å²) in [5, 5.41) is 11.4. The molecule has 2 N–H and O–H groups in total. The van der Waals surface area contributed by atoms with Crippen molar-refractivity contribution in [1.29, 1.82) is 0 Å². The van der Waals surface area contributed by atoms with E-state index in [9.17, 15) is 9.59 Å². The van der Waals surface area contributed by atoms with Gasteiger partial charge in [-0.1, -0.05) is 0 Å². The van der Waals surface area contributed by atoms with Gasteiger partial charge in [-0.05, 0) is 20.0 Å². The van der Waals surface area contributed by atoms with Crippen LogP contribution in [0.1, 0.15) is 6.42 Å². The highest BCUT2D eigenvalue weighted by Gasteiger charge is 2.32. The third-order valence-corrected chi connectivity index (χ3v) is 2.42. The van der Waals surface area contributed by atoms with Crippen LogP contribution in [0, 0.1) is 5.92 Å². The van der Waals surface area contributed by atoms with E-state index in [1.807, 2.05) is 11.9 Å². The van der Waals surface area contributed by atoms with Crippen molar-refractivity contribution in [3.63, 3.8) is 0 Å². The third-order valence-electron chi connectivity index (χ3n) is 2.42. The molecular formula is C8H14N2O3. The summed E-state index contributed by atoms with van der Waals surface area (Å²) in [7, 11) is 1.88. The van der Waals surface area contributed by atoms with Gasteiger partial charge in [0.25, 0.3) is 0 Å². The lowest BCUT2D eigenvalue weighted by molar-refractivity contribution is -0.144. The summed E-state index contributed by atoms with van der Waals surface area (Å²) in [5.74, 6) is -1.32. The van der Waals surface area contributed by atoms with E-state index in [0.717, 1.165) is 6.54 Å². The summed E-state index contributed by atoms with van der Waals surface area (Å²) in [6.45, 7) is 1.33. The fraction of sp³-hybridized carbons (Fsp3) is 0.750. The molecule has 1 fully saturated rings. The SMILES string of the molecule is CN1CCC(NC=O)C(C(=O)O)C1. The van der Waals surface area contributed by atoms with Gasteiger partial charge in [0.15, 0.2) is 0 Å². The van der Waals surface area contributed by atoms with Gasteiger partial charge in [0.2, 0.25) is 6.41 Å². The van der Waals surface area contributed by atoms with Crippen LogP contribution < -0.4 is 5.32 Å². The van der Waals surface area contributed by atoms with Crippen molar-refractivity contribution in [2.45, 2.75) is 12.5 Å². The summed E-state index contributed by atoms with van der Waals surface area (Å²) in [6, 6.07) is -0.216. The fourth-order valence-corrected chi connectivity index (χ4v) is 1.65. The molecule has 13 heavy (non-hydrogen) atoms. The van der Waals surface area contributed by atoms with Crippen LogP contribution in [0.4, 0.5) is 0 Å². The zero-order valence-electron chi connectivity index (χ0n) is 7.56. The van der Waals surface area contributed by atoms with Gasteiger partial charge in [-0.2, -0.15) is 0 Å². The van der Waals surface area contributed by atoms with Crippen LogP contribution in [-0.2, 0) is 9.59 Å². The van der Waals surface area contributed by atoms with Crippen LogP contribution in [-0.4, -0.2) is 48.6 Å². The van der Waals surface area contributed by atoms with E-state index in [1.54, 1.807) is 0 Å². The van der Waals surface area contributed by atoms with Crippen LogP contribution in [0.15, 0.2) is 0 Å². The van der Waals surface area contributed by atoms with E-state index in [1.165, 1.54) is 0 Å². The first kappa shape index (κ1) is 9.98. The molecule has 0 saturated carbocycles. The number of likely N-dealkylation sites (tertiary alicyclic amines) is 1. The Morgan fingerprint density at radius 1 is 1.69 bits per heavy atom. The Morgan fingerprint density at radius 2 is 2.38 bits per heavy atom. The minimum atomic E-state index is -0.842. The van der Waals surface area contributed by atoms with Gasteiger partial charge < -0.3 is 15.3 Å². The molecule has 0 radical (unpaired) electrons. The molecule has 5 heteroatoms. The van der Waals surface area contributed by atoms with Crippen molar-refractivity contribution in [3.8, 4) is 0 Å². The molecule has 0 spiro atoms. The van der Waals surface area contributed by atoms with Crippen LogP contribution in [0.5, 0.6) is 0 Å². The van der Waals surface area contributed by atoms with E-state index in [2.05, 4.69) is 5.32 Å². The number of rotatable bonds is 3. The maximum absolute atomic E-state index is 10.8. The number of nitrogens with zero attached hydrogens (tertiary/aromatic N) is 1. The number of hydrogen-bond acceptors (Lipinski definition) is 3. The number of piperidine rings is 1. The normalized spacial score (nSPS) is 29.6. The van der Waals surface area contributed by atoms with Crippen molar-refractivity contribution < 1.29 is 14.7 Å². The predicted molar refractivity (Wildman–Crippen MR) is 46.2 cm³/mol. The third kappa shape index (κ3) is 2.42. The Balaban J connectivity index is 2.60.